The molecule has 0 aliphatic heterocycles. The number of aromatic carboxylic acids is 1. The van der Waals surface area contributed by atoms with E-state index in [0.29, 0.717) is 24.2 Å². The highest BCUT2D eigenvalue weighted by atomic mass is 16.4. The molecule has 4 N–H and O–H groups in total. The molecule has 0 unspecified atom stereocenters. The van der Waals surface area contributed by atoms with Crippen molar-refractivity contribution in [2.45, 2.75) is 46.1 Å². The molecule has 0 fully saturated rings. The van der Waals surface area contributed by atoms with Crippen LogP contribution in [0.3, 0.4) is 0 Å². The fraction of sp³-hybridized carbons (Fsp3) is 0.500. The Morgan fingerprint density at radius 1 is 1.35 bits per heavy atom. The fourth-order valence-corrected chi connectivity index (χ4v) is 3.17. The Kier molecular flexibility index (Phi) is 5.44. The van der Waals surface area contributed by atoms with Crippen LogP contribution in [0.4, 0.5) is 0 Å². The van der Waals surface area contributed by atoms with Crippen LogP contribution in [-0.2, 0) is 13.0 Å². The molecule has 0 spiro atoms. The number of benzene rings is 1. The zero-order valence-corrected chi connectivity index (χ0v) is 14.1. The van der Waals surface area contributed by atoms with E-state index in [4.69, 9.17) is 5.73 Å². The van der Waals surface area contributed by atoms with E-state index in [-0.39, 0.29) is 12.5 Å². The van der Waals surface area contributed by atoms with Gasteiger partial charge in [-0.3, -0.25) is 0 Å². The normalized spacial score (nSPS) is 11.6. The molecular weight excluding hydrogens is 292 g/mol. The molecule has 1 aromatic carbocycles. The quantitative estimate of drug-likeness (QED) is 0.732. The first-order chi connectivity index (χ1) is 10.9. The number of hydrogen-bond acceptors (Lipinski definition) is 3. The average Bonchev–Trinajstić information content (AvgIpc) is 2.77. The topological polar surface area (TPSA) is 88.5 Å². The highest BCUT2D eigenvalue weighted by Gasteiger charge is 2.21. The van der Waals surface area contributed by atoms with Crippen molar-refractivity contribution < 1.29 is 15.0 Å². The van der Waals surface area contributed by atoms with Crippen LogP contribution in [0.1, 0.15) is 53.4 Å². The molecule has 2 rings (SSSR count). The molecule has 1 aromatic heterocycles. The molecule has 0 aliphatic rings. The number of nitrogens with zero attached hydrogens (tertiary/aromatic N) is 1. The highest BCUT2D eigenvalue weighted by Crippen LogP contribution is 2.33. The molecule has 126 valence electrons. The largest absolute Gasteiger partial charge is 0.478 e. The molecule has 0 bridgehead atoms. The first-order valence-corrected chi connectivity index (χ1v) is 8.12. The number of aryl methyl sites for hydroxylation is 1. The van der Waals surface area contributed by atoms with Crippen LogP contribution < -0.4 is 5.73 Å². The van der Waals surface area contributed by atoms with Crippen LogP contribution in [0.15, 0.2) is 12.1 Å². The minimum Gasteiger partial charge on any atom is -0.478 e. The summed E-state index contributed by atoms with van der Waals surface area (Å²) >= 11 is 0. The zero-order valence-electron chi connectivity index (χ0n) is 14.1. The van der Waals surface area contributed by atoms with Gasteiger partial charge in [0.2, 0.25) is 0 Å². The van der Waals surface area contributed by atoms with Crippen molar-refractivity contribution in [3.05, 3.63) is 34.5 Å². The number of aliphatic hydroxyl groups is 1. The van der Waals surface area contributed by atoms with Gasteiger partial charge >= 0.3 is 5.97 Å². The van der Waals surface area contributed by atoms with Gasteiger partial charge in [0.25, 0.3) is 0 Å². The molecule has 2 aromatic rings. The molecule has 0 aliphatic carbocycles. The van der Waals surface area contributed by atoms with E-state index in [1.165, 1.54) is 0 Å². The number of aliphatic hydroxyl groups excluding tert-OH is 1. The highest BCUT2D eigenvalue weighted by molar-refractivity contribution is 6.04. The standard InChI is InChI=1S/C18H26N2O3/c1-11(2)13-9-15-14(5-4-6-19)12(3)20(7-8-21)17(15)16(10-13)18(22)23/h9-11,21H,4-8,19H2,1-3H3,(H,22,23). The van der Waals surface area contributed by atoms with Gasteiger partial charge in [0.05, 0.1) is 17.7 Å². The fourth-order valence-electron chi connectivity index (χ4n) is 3.17. The number of carboxylic acid groups (broad SMARTS) is 1. The molecule has 5 nitrogen and oxygen atoms in total. The van der Waals surface area contributed by atoms with Crippen LogP contribution in [-0.4, -0.2) is 33.9 Å². The minimum absolute atomic E-state index is 0.0219. The van der Waals surface area contributed by atoms with Crippen molar-refractivity contribution in [1.82, 2.24) is 4.57 Å². The molecule has 1 heterocycles. The first-order valence-electron chi connectivity index (χ1n) is 8.12. The van der Waals surface area contributed by atoms with Crippen molar-refractivity contribution in [3.63, 3.8) is 0 Å². The predicted molar refractivity (Wildman–Crippen MR) is 92.2 cm³/mol. The Bertz CT molecular complexity index is 717. The van der Waals surface area contributed by atoms with Gasteiger partial charge in [-0.2, -0.15) is 0 Å². The maximum atomic E-state index is 11.8. The number of nitrogens with two attached hydrogens (primary N) is 1. The minimum atomic E-state index is -0.931. The first kappa shape index (κ1) is 17.5. The summed E-state index contributed by atoms with van der Waals surface area (Å²) in [6.45, 7) is 7.08. The number of hydrogen-bond donors (Lipinski definition) is 3. The maximum Gasteiger partial charge on any atom is 0.337 e. The molecule has 0 atom stereocenters. The maximum absolute atomic E-state index is 11.8. The van der Waals surface area contributed by atoms with Gasteiger partial charge in [0, 0.05) is 17.6 Å². The summed E-state index contributed by atoms with van der Waals surface area (Å²) in [6.07, 6.45) is 1.67. The van der Waals surface area contributed by atoms with Crippen LogP contribution in [0.25, 0.3) is 10.9 Å². The van der Waals surface area contributed by atoms with E-state index < -0.39 is 5.97 Å². The van der Waals surface area contributed by atoms with Gasteiger partial charge < -0.3 is 20.5 Å². The Balaban J connectivity index is 2.83. The van der Waals surface area contributed by atoms with E-state index in [9.17, 15) is 15.0 Å². The van der Waals surface area contributed by atoms with Gasteiger partial charge in [-0.15, -0.1) is 0 Å². The SMILES string of the molecule is Cc1c(CCCN)c2cc(C(C)C)cc(C(=O)O)c2n1CCO. The number of aromatic nitrogens is 1. The van der Waals surface area contributed by atoms with Gasteiger partial charge in [-0.05, 0) is 55.5 Å². The smallest absolute Gasteiger partial charge is 0.337 e. The van der Waals surface area contributed by atoms with Crippen LogP contribution in [0, 0.1) is 6.92 Å². The molecule has 23 heavy (non-hydrogen) atoms. The summed E-state index contributed by atoms with van der Waals surface area (Å²) in [5.74, 6) is -0.680. The second kappa shape index (κ2) is 7.15. The predicted octanol–water partition coefficient (Wildman–Crippen LogP) is 2.65. The molecule has 5 heteroatoms. The van der Waals surface area contributed by atoms with Gasteiger partial charge in [0.1, 0.15) is 0 Å². The lowest BCUT2D eigenvalue weighted by molar-refractivity contribution is 0.0698. The molecule has 0 saturated carbocycles. The van der Waals surface area contributed by atoms with Crippen LogP contribution in [0.2, 0.25) is 0 Å². The van der Waals surface area contributed by atoms with E-state index in [1.807, 2.05) is 11.5 Å². The average molecular weight is 318 g/mol. The van der Waals surface area contributed by atoms with E-state index in [2.05, 4.69) is 19.9 Å². The lowest BCUT2D eigenvalue weighted by atomic mass is 9.95. The van der Waals surface area contributed by atoms with Crippen LogP contribution in [0.5, 0.6) is 0 Å². The number of fused-ring (bicyclic) bond motifs is 1. The van der Waals surface area contributed by atoms with Crippen LogP contribution >= 0.6 is 0 Å². The Morgan fingerprint density at radius 3 is 2.57 bits per heavy atom. The molecule has 0 saturated heterocycles. The van der Waals surface area contributed by atoms with Gasteiger partial charge in [-0.1, -0.05) is 13.8 Å². The summed E-state index contributed by atoms with van der Waals surface area (Å²) < 4.78 is 1.93. The lowest BCUT2D eigenvalue weighted by Crippen LogP contribution is -2.08. The Morgan fingerprint density at radius 2 is 2.04 bits per heavy atom. The van der Waals surface area contributed by atoms with Crippen molar-refractivity contribution in [1.29, 1.82) is 0 Å². The summed E-state index contributed by atoms with van der Waals surface area (Å²) in [5, 5.41) is 20.0. The van der Waals surface area contributed by atoms with Gasteiger partial charge in [-0.25, -0.2) is 4.79 Å². The van der Waals surface area contributed by atoms with Crippen molar-refractivity contribution in [3.8, 4) is 0 Å². The summed E-state index contributed by atoms with van der Waals surface area (Å²) in [4.78, 5) is 11.8. The number of carbonyl (C=O) groups is 1. The number of carboxylic acids is 1. The van der Waals surface area contributed by atoms with Crippen molar-refractivity contribution in [2.75, 3.05) is 13.2 Å². The van der Waals surface area contributed by atoms with E-state index in [1.54, 1.807) is 6.07 Å². The van der Waals surface area contributed by atoms with Gasteiger partial charge in [0.15, 0.2) is 0 Å². The van der Waals surface area contributed by atoms with Crippen molar-refractivity contribution in [2.24, 2.45) is 5.73 Å². The summed E-state index contributed by atoms with van der Waals surface area (Å²) in [6, 6.07) is 3.86. The van der Waals surface area contributed by atoms with E-state index >= 15 is 0 Å². The second-order valence-electron chi connectivity index (χ2n) is 6.26. The summed E-state index contributed by atoms with van der Waals surface area (Å²) in [5.41, 5.74) is 9.85. The monoisotopic (exact) mass is 318 g/mol. The molecular formula is C18H26N2O3. The zero-order chi connectivity index (χ0) is 17.1. The Labute approximate surface area is 136 Å². The molecule has 0 radical (unpaired) electrons. The Hall–Kier alpha value is -1.85. The number of rotatable bonds is 7. The summed E-state index contributed by atoms with van der Waals surface area (Å²) in [7, 11) is 0. The second-order valence-corrected chi connectivity index (χ2v) is 6.26. The van der Waals surface area contributed by atoms with Crippen molar-refractivity contribution >= 4 is 16.9 Å². The third kappa shape index (κ3) is 3.26. The third-order valence-corrected chi connectivity index (χ3v) is 4.42. The third-order valence-electron chi connectivity index (χ3n) is 4.42. The lowest BCUT2D eigenvalue weighted by Gasteiger charge is -2.11. The molecule has 0 amide bonds. The van der Waals surface area contributed by atoms with E-state index in [0.717, 1.165) is 35.0 Å².